The van der Waals surface area contributed by atoms with Gasteiger partial charge in [0.25, 0.3) is 0 Å². The smallest absolute Gasteiger partial charge is 0.232 e. The zero-order valence-electron chi connectivity index (χ0n) is 16.0. The molecule has 0 unspecified atom stereocenters. The fraction of sp³-hybridized carbons (Fsp3) is 0.381. The van der Waals surface area contributed by atoms with Crippen LogP contribution in [0.1, 0.15) is 38.1 Å². The van der Waals surface area contributed by atoms with Crippen LogP contribution in [0.25, 0.3) is 11.0 Å². The minimum Gasteiger partial charge on any atom is -0.328 e. The maximum absolute atomic E-state index is 12.2. The fourth-order valence-corrected chi connectivity index (χ4v) is 4.53. The Bertz CT molecular complexity index is 1010. The highest BCUT2D eigenvalue weighted by Gasteiger charge is 2.14. The number of anilines is 1. The van der Waals surface area contributed by atoms with Gasteiger partial charge in [0.1, 0.15) is 5.82 Å². The van der Waals surface area contributed by atoms with Crippen molar-refractivity contribution in [2.45, 2.75) is 46.1 Å². The highest BCUT2D eigenvalue weighted by atomic mass is 32.2. The molecule has 3 rings (SSSR count). The van der Waals surface area contributed by atoms with Crippen LogP contribution in [0, 0.1) is 0 Å². The molecule has 144 valence electrons. The van der Waals surface area contributed by atoms with Gasteiger partial charge in [-0.15, -0.1) is 0 Å². The van der Waals surface area contributed by atoms with E-state index in [-0.39, 0.29) is 5.75 Å². The molecule has 0 bridgehead atoms. The van der Waals surface area contributed by atoms with E-state index >= 15 is 0 Å². The number of hydrogen-bond donors (Lipinski definition) is 1. The topological polar surface area (TPSA) is 64.0 Å². The number of hydrogen-bond acceptors (Lipinski definition) is 3. The van der Waals surface area contributed by atoms with Gasteiger partial charge in [0.15, 0.2) is 0 Å². The molecule has 0 saturated carbocycles. The maximum Gasteiger partial charge on any atom is 0.232 e. The van der Waals surface area contributed by atoms with Crippen LogP contribution >= 0.6 is 0 Å². The number of aromatic nitrogens is 2. The molecule has 0 atom stereocenters. The minimum atomic E-state index is -3.30. The third-order valence-corrected chi connectivity index (χ3v) is 6.03. The first-order chi connectivity index (χ1) is 13.0. The average molecular weight is 386 g/mol. The van der Waals surface area contributed by atoms with Crippen molar-refractivity contribution in [1.82, 2.24) is 9.55 Å². The maximum atomic E-state index is 12.2. The lowest BCUT2D eigenvalue weighted by Gasteiger charge is -2.13. The Morgan fingerprint density at radius 3 is 2.48 bits per heavy atom. The molecule has 0 spiro atoms. The second-order valence-corrected chi connectivity index (χ2v) is 8.59. The number of benzene rings is 2. The van der Waals surface area contributed by atoms with Crippen molar-refractivity contribution in [3.63, 3.8) is 0 Å². The SMILES string of the molecule is CCCn1c(CCc2ccccc2NS(=O)(=O)CCC)nc2ccccc21. The largest absolute Gasteiger partial charge is 0.328 e. The summed E-state index contributed by atoms with van der Waals surface area (Å²) in [5.74, 6) is 1.18. The van der Waals surface area contributed by atoms with E-state index in [1.54, 1.807) is 0 Å². The Balaban J connectivity index is 1.84. The van der Waals surface area contributed by atoms with Gasteiger partial charge in [-0.3, -0.25) is 4.72 Å². The predicted molar refractivity (Wildman–Crippen MR) is 112 cm³/mol. The molecule has 0 aliphatic rings. The fourth-order valence-electron chi connectivity index (χ4n) is 3.36. The number of para-hydroxylation sites is 3. The summed E-state index contributed by atoms with van der Waals surface area (Å²) in [5.41, 5.74) is 3.83. The van der Waals surface area contributed by atoms with Crippen molar-refractivity contribution in [3.05, 3.63) is 59.9 Å². The van der Waals surface area contributed by atoms with Crippen LogP contribution in [0.15, 0.2) is 48.5 Å². The van der Waals surface area contributed by atoms with Crippen molar-refractivity contribution < 1.29 is 8.42 Å². The number of imidazole rings is 1. The molecule has 1 aromatic heterocycles. The normalized spacial score (nSPS) is 11.8. The Morgan fingerprint density at radius 1 is 0.963 bits per heavy atom. The first-order valence-corrected chi connectivity index (χ1v) is 11.2. The summed E-state index contributed by atoms with van der Waals surface area (Å²) >= 11 is 0. The highest BCUT2D eigenvalue weighted by Crippen LogP contribution is 2.22. The van der Waals surface area contributed by atoms with Crippen molar-refractivity contribution in [2.24, 2.45) is 0 Å². The summed E-state index contributed by atoms with van der Waals surface area (Å²) in [4.78, 5) is 4.80. The van der Waals surface area contributed by atoms with E-state index in [2.05, 4.69) is 22.3 Å². The molecule has 27 heavy (non-hydrogen) atoms. The molecule has 1 heterocycles. The number of nitrogens with zero attached hydrogens (tertiary/aromatic N) is 2. The van der Waals surface area contributed by atoms with E-state index in [4.69, 9.17) is 4.98 Å². The molecular formula is C21H27N3O2S. The van der Waals surface area contributed by atoms with Crippen LogP contribution in [0.5, 0.6) is 0 Å². The zero-order valence-corrected chi connectivity index (χ0v) is 16.8. The van der Waals surface area contributed by atoms with Gasteiger partial charge in [0.2, 0.25) is 10.0 Å². The molecule has 0 aliphatic carbocycles. The first kappa shape index (κ1) is 19.4. The third-order valence-electron chi connectivity index (χ3n) is 4.55. The van der Waals surface area contributed by atoms with E-state index < -0.39 is 10.0 Å². The van der Waals surface area contributed by atoms with Crippen LogP contribution in [0.4, 0.5) is 5.69 Å². The van der Waals surface area contributed by atoms with Crippen LogP contribution in [-0.2, 0) is 29.4 Å². The van der Waals surface area contributed by atoms with Gasteiger partial charge in [-0.25, -0.2) is 13.4 Å². The molecule has 0 fully saturated rings. The summed E-state index contributed by atoms with van der Waals surface area (Å²) in [7, 11) is -3.30. The second-order valence-electron chi connectivity index (χ2n) is 6.75. The average Bonchev–Trinajstić information content (AvgIpc) is 2.99. The van der Waals surface area contributed by atoms with Crippen LogP contribution in [0.2, 0.25) is 0 Å². The number of fused-ring (bicyclic) bond motifs is 1. The molecule has 3 aromatic rings. The molecule has 5 nitrogen and oxygen atoms in total. The van der Waals surface area contributed by atoms with Gasteiger partial charge < -0.3 is 4.57 Å². The van der Waals surface area contributed by atoms with Crippen molar-refractivity contribution in [3.8, 4) is 0 Å². The summed E-state index contributed by atoms with van der Waals surface area (Å²) in [6, 6.07) is 15.8. The Labute approximate surface area is 161 Å². The Kier molecular flexibility index (Phi) is 6.16. The lowest BCUT2D eigenvalue weighted by molar-refractivity contribution is 0.600. The number of sulfonamides is 1. The number of nitrogens with one attached hydrogen (secondary N) is 1. The molecule has 0 amide bonds. The van der Waals surface area contributed by atoms with Crippen LogP contribution in [-0.4, -0.2) is 23.7 Å². The van der Waals surface area contributed by atoms with Gasteiger partial charge in [-0.1, -0.05) is 44.2 Å². The van der Waals surface area contributed by atoms with E-state index in [1.165, 1.54) is 0 Å². The minimum absolute atomic E-state index is 0.133. The van der Waals surface area contributed by atoms with Crippen molar-refractivity contribution >= 4 is 26.7 Å². The lowest BCUT2D eigenvalue weighted by atomic mass is 10.1. The van der Waals surface area contributed by atoms with Gasteiger partial charge in [0, 0.05) is 13.0 Å². The summed E-state index contributed by atoms with van der Waals surface area (Å²) in [5, 5.41) is 0. The predicted octanol–water partition coefficient (Wildman–Crippen LogP) is 4.38. The summed E-state index contributed by atoms with van der Waals surface area (Å²) in [6.45, 7) is 4.96. The molecule has 0 radical (unpaired) electrons. The van der Waals surface area contributed by atoms with E-state index in [9.17, 15) is 8.42 Å². The molecule has 0 saturated heterocycles. The first-order valence-electron chi connectivity index (χ1n) is 9.56. The highest BCUT2D eigenvalue weighted by molar-refractivity contribution is 7.92. The zero-order chi connectivity index (χ0) is 19.3. The van der Waals surface area contributed by atoms with Crippen molar-refractivity contribution in [1.29, 1.82) is 0 Å². The second kappa shape index (κ2) is 8.57. The molecule has 0 aliphatic heterocycles. The van der Waals surface area contributed by atoms with Crippen molar-refractivity contribution in [2.75, 3.05) is 10.5 Å². The lowest BCUT2D eigenvalue weighted by Crippen LogP contribution is -2.17. The van der Waals surface area contributed by atoms with Crippen LogP contribution < -0.4 is 4.72 Å². The van der Waals surface area contributed by atoms with E-state index in [0.717, 1.165) is 48.2 Å². The van der Waals surface area contributed by atoms with E-state index in [1.807, 2.05) is 49.4 Å². The van der Waals surface area contributed by atoms with Gasteiger partial charge >= 0.3 is 0 Å². The third kappa shape index (κ3) is 4.69. The van der Waals surface area contributed by atoms with Gasteiger partial charge in [-0.2, -0.15) is 0 Å². The van der Waals surface area contributed by atoms with E-state index in [0.29, 0.717) is 12.1 Å². The number of rotatable bonds is 9. The van der Waals surface area contributed by atoms with Crippen LogP contribution in [0.3, 0.4) is 0 Å². The number of aryl methyl sites for hydroxylation is 3. The van der Waals surface area contributed by atoms with Gasteiger partial charge in [0.05, 0.1) is 22.5 Å². The quantitative estimate of drug-likeness (QED) is 0.594. The summed E-state index contributed by atoms with van der Waals surface area (Å²) in [6.07, 6.45) is 3.14. The summed E-state index contributed by atoms with van der Waals surface area (Å²) < 4.78 is 29.3. The molecule has 1 N–H and O–H groups in total. The standard InChI is InChI=1S/C21H27N3O2S/c1-3-15-24-20-12-8-7-11-19(20)22-21(24)14-13-17-9-5-6-10-18(17)23-27(25,26)16-4-2/h5-12,23H,3-4,13-16H2,1-2H3. The monoisotopic (exact) mass is 385 g/mol. The molecule has 6 heteroatoms. The Hall–Kier alpha value is -2.34. The van der Waals surface area contributed by atoms with Gasteiger partial charge in [-0.05, 0) is 43.0 Å². The molecular weight excluding hydrogens is 358 g/mol. The Morgan fingerprint density at radius 2 is 1.70 bits per heavy atom. The molecule has 2 aromatic carbocycles.